The molecule has 3 rings (SSSR count). The van der Waals surface area contributed by atoms with Gasteiger partial charge in [-0.15, -0.1) is 0 Å². The van der Waals surface area contributed by atoms with Gasteiger partial charge in [-0.2, -0.15) is 13.2 Å². The Morgan fingerprint density at radius 2 is 1.88 bits per heavy atom. The number of piperidine rings is 1. The van der Waals surface area contributed by atoms with Crippen LogP contribution in [-0.2, 0) is 17.5 Å². The quantitative estimate of drug-likeness (QED) is 0.640. The summed E-state index contributed by atoms with van der Waals surface area (Å²) in [7, 11) is 3.11. The number of alkyl halides is 3. The molecule has 2 aromatic rings. The van der Waals surface area contributed by atoms with Gasteiger partial charge in [-0.25, -0.2) is 0 Å². The van der Waals surface area contributed by atoms with Crippen LogP contribution in [0.3, 0.4) is 0 Å². The topological polar surface area (TPSA) is 68.8 Å². The van der Waals surface area contributed by atoms with Crippen molar-refractivity contribution < 1.29 is 32.2 Å². The predicted octanol–water partition coefficient (Wildman–Crippen LogP) is 3.64. The molecule has 1 heterocycles. The molecular formula is C23H27F3N2O4. The highest BCUT2D eigenvalue weighted by molar-refractivity contribution is 5.79. The summed E-state index contributed by atoms with van der Waals surface area (Å²) in [5.41, 5.74) is 0.133. The first-order valence-electron chi connectivity index (χ1n) is 10.3. The van der Waals surface area contributed by atoms with Crippen molar-refractivity contribution in [3.8, 4) is 17.2 Å². The van der Waals surface area contributed by atoms with Gasteiger partial charge in [0.1, 0.15) is 5.75 Å². The fourth-order valence-corrected chi connectivity index (χ4v) is 3.66. The molecule has 9 heteroatoms. The predicted molar refractivity (Wildman–Crippen MR) is 113 cm³/mol. The van der Waals surface area contributed by atoms with Gasteiger partial charge in [0, 0.05) is 25.6 Å². The van der Waals surface area contributed by atoms with Crippen LogP contribution in [0.25, 0.3) is 0 Å². The summed E-state index contributed by atoms with van der Waals surface area (Å²) in [6.45, 7) is 1.76. The van der Waals surface area contributed by atoms with Crippen molar-refractivity contribution in [1.82, 2.24) is 10.6 Å². The lowest BCUT2D eigenvalue weighted by atomic mass is 9.90. The Hall–Kier alpha value is -2.94. The number of carbonyl (C=O) groups is 1. The molecule has 1 amide bonds. The van der Waals surface area contributed by atoms with Crippen molar-refractivity contribution in [2.45, 2.75) is 19.1 Å². The van der Waals surface area contributed by atoms with Crippen molar-refractivity contribution in [3.05, 3.63) is 53.6 Å². The van der Waals surface area contributed by atoms with Gasteiger partial charge in [0.25, 0.3) is 0 Å². The Morgan fingerprint density at radius 3 is 2.59 bits per heavy atom. The third-order valence-corrected chi connectivity index (χ3v) is 5.37. The number of halogens is 3. The number of hydrogen-bond donors (Lipinski definition) is 2. The van der Waals surface area contributed by atoms with E-state index < -0.39 is 11.7 Å². The van der Waals surface area contributed by atoms with E-state index in [9.17, 15) is 18.0 Å². The Labute approximate surface area is 185 Å². The Morgan fingerprint density at radius 1 is 1.09 bits per heavy atom. The Bertz CT molecular complexity index is 920. The van der Waals surface area contributed by atoms with E-state index in [2.05, 4.69) is 10.6 Å². The minimum Gasteiger partial charge on any atom is -0.493 e. The Kier molecular flexibility index (Phi) is 7.84. The van der Waals surface area contributed by atoms with Gasteiger partial charge in [-0.05, 0) is 42.3 Å². The van der Waals surface area contributed by atoms with Gasteiger partial charge in [0.2, 0.25) is 5.91 Å². The molecule has 0 unspecified atom stereocenters. The molecule has 32 heavy (non-hydrogen) atoms. The average Bonchev–Trinajstić information content (AvgIpc) is 2.80. The van der Waals surface area contributed by atoms with E-state index in [1.54, 1.807) is 20.3 Å². The zero-order chi connectivity index (χ0) is 23.1. The van der Waals surface area contributed by atoms with E-state index in [-0.39, 0.29) is 30.1 Å². The minimum atomic E-state index is -4.41. The maximum absolute atomic E-state index is 12.9. The van der Waals surface area contributed by atoms with E-state index in [1.165, 1.54) is 12.1 Å². The largest absolute Gasteiger partial charge is 0.493 e. The van der Waals surface area contributed by atoms with Crippen LogP contribution >= 0.6 is 0 Å². The van der Waals surface area contributed by atoms with Crippen molar-refractivity contribution in [3.63, 3.8) is 0 Å². The van der Waals surface area contributed by atoms with Crippen LogP contribution in [0, 0.1) is 11.8 Å². The van der Waals surface area contributed by atoms with Crippen LogP contribution in [0.15, 0.2) is 42.5 Å². The fraction of sp³-hybridized carbons (Fsp3) is 0.435. The molecule has 0 bridgehead atoms. The summed E-state index contributed by atoms with van der Waals surface area (Å²) in [6.07, 6.45) is -3.83. The zero-order valence-electron chi connectivity index (χ0n) is 18.0. The third-order valence-electron chi connectivity index (χ3n) is 5.37. The number of rotatable bonds is 8. The molecular weight excluding hydrogens is 425 g/mol. The molecule has 6 nitrogen and oxygen atoms in total. The van der Waals surface area contributed by atoms with Crippen LogP contribution in [-0.4, -0.2) is 39.8 Å². The van der Waals surface area contributed by atoms with Crippen molar-refractivity contribution in [1.29, 1.82) is 0 Å². The first kappa shape index (κ1) is 23.7. The second-order valence-corrected chi connectivity index (χ2v) is 7.70. The highest BCUT2D eigenvalue weighted by atomic mass is 19.4. The van der Waals surface area contributed by atoms with Gasteiger partial charge >= 0.3 is 6.18 Å². The lowest BCUT2D eigenvalue weighted by Crippen LogP contribution is -2.45. The highest BCUT2D eigenvalue weighted by Gasteiger charge is 2.31. The van der Waals surface area contributed by atoms with Crippen LogP contribution in [0.5, 0.6) is 17.2 Å². The molecule has 1 saturated heterocycles. The van der Waals surface area contributed by atoms with Gasteiger partial charge in [0.05, 0.1) is 32.3 Å². The molecule has 0 spiro atoms. The first-order chi connectivity index (χ1) is 15.3. The number of hydrogen-bond acceptors (Lipinski definition) is 5. The van der Waals surface area contributed by atoms with Gasteiger partial charge in [-0.1, -0.05) is 12.1 Å². The van der Waals surface area contributed by atoms with Crippen molar-refractivity contribution in [2.24, 2.45) is 11.8 Å². The normalized spacial score (nSPS) is 18.7. The zero-order valence-corrected chi connectivity index (χ0v) is 18.0. The molecule has 1 fully saturated rings. The minimum absolute atomic E-state index is 0.00937. The summed E-state index contributed by atoms with van der Waals surface area (Å²) in [6, 6.07) is 10.3. The number of carbonyl (C=O) groups excluding carboxylic acids is 1. The summed E-state index contributed by atoms with van der Waals surface area (Å²) >= 11 is 0. The summed E-state index contributed by atoms with van der Waals surface area (Å²) in [5, 5.41) is 6.15. The highest BCUT2D eigenvalue weighted by Crippen LogP contribution is 2.31. The number of amides is 1. The second kappa shape index (κ2) is 10.6. The van der Waals surface area contributed by atoms with E-state index in [0.29, 0.717) is 37.6 Å². The number of benzene rings is 2. The fourth-order valence-electron chi connectivity index (χ4n) is 3.66. The molecule has 2 N–H and O–H groups in total. The molecule has 1 aliphatic rings. The molecule has 0 aromatic heterocycles. The molecule has 0 radical (unpaired) electrons. The molecule has 2 aromatic carbocycles. The molecule has 0 saturated carbocycles. The van der Waals surface area contributed by atoms with Gasteiger partial charge < -0.3 is 24.8 Å². The lowest BCUT2D eigenvalue weighted by Gasteiger charge is -2.29. The molecule has 174 valence electrons. The lowest BCUT2D eigenvalue weighted by molar-refractivity contribution is -0.137. The summed E-state index contributed by atoms with van der Waals surface area (Å²) in [5.74, 6) is 1.04. The second-order valence-electron chi connectivity index (χ2n) is 7.70. The molecule has 1 aliphatic heterocycles. The van der Waals surface area contributed by atoms with Crippen LogP contribution in [0.4, 0.5) is 13.2 Å². The van der Waals surface area contributed by atoms with Crippen molar-refractivity contribution in [2.75, 3.05) is 33.9 Å². The van der Waals surface area contributed by atoms with Gasteiger partial charge in [-0.3, -0.25) is 4.79 Å². The number of ether oxygens (including phenoxy) is 3. The standard InChI is InChI=1S/C23H27F3N2O4/c1-30-20-7-6-15(9-21(20)31-2)12-28-22(29)17-8-16(11-27-13-17)14-32-19-5-3-4-18(10-19)23(24,25)26/h3-7,9-10,16-17,27H,8,11-14H2,1-2H3,(H,28,29)/t16-,17+/m0/s1. The smallest absolute Gasteiger partial charge is 0.416 e. The maximum Gasteiger partial charge on any atom is 0.416 e. The molecule has 0 aliphatic carbocycles. The van der Waals surface area contributed by atoms with Crippen LogP contribution < -0.4 is 24.8 Å². The summed E-state index contributed by atoms with van der Waals surface area (Å²) in [4.78, 5) is 12.7. The monoisotopic (exact) mass is 452 g/mol. The Balaban J connectivity index is 1.50. The van der Waals surface area contributed by atoms with Gasteiger partial charge in [0.15, 0.2) is 11.5 Å². The van der Waals surface area contributed by atoms with Crippen LogP contribution in [0.2, 0.25) is 0 Å². The maximum atomic E-state index is 12.9. The number of methoxy groups -OCH3 is 2. The number of nitrogens with one attached hydrogen (secondary N) is 2. The average molecular weight is 452 g/mol. The van der Waals surface area contributed by atoms with Crippen LogP contribution in [0.1, 0.15) is 17.5 Å². The SMILES string of the molecule is COc1ccc(CNC(=O)[C@H]2CNC[C@@H](COc3cccc(C(F)(F)F)c3)C2)cc1OC. The summed E-state index contributed by atoms with van der Waals surface area (Å²) < 4.78 is 54.6. The van der Waals surface area contributed by atoms with E-state index in [4.69, 9.17) is 14.2 Å². The van der Waals surface area contributed by atoms with E-state index in [1.807, 2.05) is 12.1 Å². The van der Waals surface area contributed by atoms with E-state index >= 15 is 0 Å². The molecule has 2 atom stereocenters. The first-order valence-corrected chi connectivity index (χ1v) is 10.3. The van der Waals surface area contributed by atoms with Crippen molar-refractivity contribution >= 4 is 5.91 Å². The third kappa shape index (κ3) is 6.29. The van der Waals surface area contributed by atoms with E-state index in [0.717, 1.165) is 17.7 Å².